The first-order valence-electron chi connectivity index (χ1n) is 9.17. The number of benzene rings is 2. The van der Waals surface area contributed by atoms with Crippen molar-refractivity contribution in [3.63, 3.8) is 0 Å². The number of amides is 1. The van der Waals surface area contributed by atoms with Crippen molar-refractivity contribution in [2.24, 2.45) is 0 Å². The molecule has 1 unspecified atom stereocenters. The molecule has 1 aromatic heterocycles. The molecule has 140 valence electrons. The number of aliphatic hydroxyl groups excluding tert-OH is 1. The Morgan fingerprint density at radius 3 is 2.52 bits per heavy atom. The van der Waals surface area contributed by atoms with Gasteiger partial charge in [0.15, 0.2) is 0 Å². The van der Waals surface area contributed by atoms with Gasteiger partial charge in [-0.25, -0.2) is 4.98 Å². The lowest BCUT2D eigenvalue weighted by Gasteiger charge is -2.14. The lowest BCUT2D eigenvalue weighted by molar-refractivity contribution is 0.0922. The largest absolute Gasteiger partial charge is 0.394 e. The molecular formula is C22H25N3O2. The highest BCUT2D eigenvalue weighted by Gasteiger charge is 2.15. The molecule has 0 fully saturated rings. The molecule has 0 aliphatic heterocycles. The Morgan fingerprint density at radius 2 is 1.85 bits per heavy atom. The molecule has 2 N–H and O–H groups in total. The third kappa shape index (κ3) is 4.26. The minimum atomic E-state index is -0.304. The number of aromatic nitrogens is 2. The van der Waals surface area contributed by atoms with E-state index in [2.05, 4.69) is 47.6 Å². The maximum absolute atomic E-state index is 12.7. The molecular weight excluding hydrogens is 338 g/mol. The van der Waals surface area contributed by atoms with E-state index in [9.17, 15) is 9.90 Å². The standard InChI is InChI=1S/C22H25N3O2/c1-4-25-10-9-23-21(25)19-11-18(17-7-5-15(2)6-8-17)12-20(13-19)22(27)24-16(3)14-26/h5-13,16,26H,4,14H2,1-3H3,(H,24,27). The fourth-order valence-electron chi connectivity index (χ4n) is 2.98. The summed E-state index contributed by atoms with van der Waals surface area (Å²) in [7, 11) is 0. The molecule has 0 saturated carbocycles. The molecule has 0 aliphatic rings. The van der Waals surface area contributed by atoms with Crippen LogP contribution < -0.4 is 5.32 Å². The van der Waals surface area contributed by atoms with Crippen LogP contribution in [-0.4, -0.2) is 33.2 Å². The van der Waals surface area contributed by atoms with Gasteiger partial charge in [0.05, 0.1) is 6.61 Å². The van der Waals surface area contributed by atoms with Gasteiger partial charge in [-0.1, -0.05) is 29.8 Å². The summed E-state index contributed by atoms with van der Waals surface area (Å²) in [5.41, 5.74) is 4.63. The Kier molecular flexibility index (Phi) is 5.72. The van der Waals surface area contributed by atoms with Crippen LogP contribution in [0.15, 0.2) is 54.9 Å². The van der Waals surface area contributed by atoms with Crippen LogP contribution in [0.25, 0.3) is 22.5 Å². The van der Waals surface area contributed by atoms with Gasteiger partial charge in [-0.3, -0.25) is 4.79 Å². The zero-order valence-electron chi connectivity index (χ0n) is 15.9. The Morgan fingerprint density at radius 1 is 1.15 bits per heavy atom. The van der Waals surface area contributed by atoms with E-state index in [1.807, 2.05) is 29.8 Å². The fourth-order valence-corrected chi connectivity index (χ4v) is 2.98. The summed E-state index contributed by atoms with van der Waals surface area (Å²) in [5, 5.41) is 12.1. The lowest BCUT2D eigenvalue weighted by Crippen LogP contribution is -2.35. The number of nitrogens with zero attached hydrogens (tertiary/aromatic N) is 2. The van der Waals surface area contributed by atoms with Gasteiger partial charge in [0.25, 0.3) is 5.91 Å². The predicted octanol–water partition coefficient (Wildman–Crippen LogP) is 3.66. The van der Waals surface area contributed by atoms with Gasteiger partial charge in [0.1, 0.15) is 5.82 Å². The average Bonchev–Trinajstić information content (AvgIpc) is 3.17. The molecule has 0 bridgehead atoms. The van der Waals surface area contributed by atoms with Gasteiger partial charge < -0.3 is 15.0 Å². The maximum atomic E-state index is 12.7. The number of nitrogens with one attached hydrogen (secondary N) is 1. The van der Waals surface area contributed by atoms with Gasteiger partial charge in [-0.15, -0.1) is 0 Å². The fraction of sp³-hybridized carbons (Fsp3) is 0.273. The van der Waals surface area contributed by atoms with Gasteiger partial charge in [-0.05, 0) is 50.1 Å². The maximum Gasteiger partial charge on any atom is 0.251 e. The first-order chi connectivity index (χ1) is 13.0. The molecule has 3 aromatic rings. The lowest BCUT2D eigenvalue weighted by atomic mass is 9.98. The van der Waals surface area contributed by atoms with E-state index in [1.165, 1.54) is 5.56 Å². The zero-order chi connectivity index (χ0) is 19.4. The van der Waals surface area contributed by atoms with E-state index in [-0.39, 0.29) is 18.6 Å². The van der Waals surface area contributed by atoms with Crippen molar-refractivity contribution in [2.45, 2.75) is 33.4 Å². The van der Waals surface area contributed by atoms with Gasteiger partial charge >= 0.3 is 0 Å². The zero-order valence-corrected chi connectivity index (χ0v) is 15.9. The van der Waals surface area contributed by atoms with Crippen molar-refractivity contribution >= 4 is 5.91 Å². The number of carbonyl (C=O) groups is 1. The summed E-state index contributed by atoms with van der Waals surface area (Å²) < 4.78 is 2.05. The first kappa shape index (κ1) is 18.9. The monoisotopic (exact) mass is 363 g/mol. The van der Waals surface area contributed by atoms with Crippen LogP contribution in [-0.2, 0) is 6.54 Å². The highest BCUT2D eigenvalue weighted by Crippen LogP contribution is 2.28. The number of hydrogen-bond donors (Lipinski definition) is 2. The number of imidazole rings is 1. The molecule has 1 atom stereocenters. The molecule has 5 heteroatoms. The molecule has 1 heterocycles. The van der Waals surface area contributed by atoms with Crippen LogP contribution in [0.2, 0.25) is 0 Å². The van der Waals surface area contributed by atoms with Gasteiger partial charge in [-0.2, -0.15) is 0 Å². The van der Waals surface area contributed by atoms with Gasteiger partial charge in [0, 0.05) is 36.1 Å². The molecule has 0 saturated heterocycles. The van der Waals surface area contributed by atoms with Crippen molar-refractivity contribution < 1.29 is 9.90 Å². The van der Waals surface area contributed by atoms with E-state index >= 15 is 0 Å². The van der Waals surface area contributed by atoms with E-state index < -0.39 is 0 Å². The van der Waals surface area contributed by atoms with Crippen molar-refractivity contribution in [3.8, 4) is 22.5 Å². The Balaban J connectivity index is 2.10. The number of aryl methyl sites for hydroxylation is 2. The third-order valence-electron chi connectivity index (χ3n) is 4.55. The van der Waals surface area contributed by atoms with Crippen LogP contribution in [0.3, 0.4) is 0 Å². The summed E-state index contributed by atoms with van der Waals surface area (Å²) >= 11 is 0. The average molecular weight is 363 g/mol. The van der Waals surface area contributed by atoms with Gasteiger partial charge in [0.2, 0.25) is 0 Å². The molecule has 0 aliphatic carbocycles. The number of hydrogen-bond acceptors (Lipinski definition) is 3. The second-order valence-corrected chi connectivity index (χ2v) is 6.76. The number of carbonyl (C=O) groups excluding carboxylic acids is 1. The topological polar surface area (TPSA) is 67.2 Å². The Hall–Kier alpha value is -2.92. The highest BCUT2D eigenvalue weighted by atomic mass is 16.3. The molecule has 5 nitrogen and oxygen atoms in total. The predicted molar refractivity (Wildman–Crippen MR) is 108 cm³/mol. The van der Waals surface area contributed by atoms with E-state index in [1.54, 1.807) is 13.1 Å². The van der Waals surface area contributed by atoms with E-state index in [0.717, 1.165) is 29.1 Å². The summed E-state index contributed by atoms with van der Waals surface area (Å²) in [5.74, 6) is 0.622. The van der Waals surface area contributed by atoms with Crippen molar-refractivity contribution in [3.05, 3.63) is 66.0 Å². The van der Waals surface area contributed by atoms with E-state index in [4.69, 9.17) is 0 Å². The summed E-state index contributed by atoms with van der Waals surface area (Å²) in [6.07, 6.45) is 3.70. The molecule has 0 spiro atoms. The second-order valence-electron chi connectivity index (χ2n) is 6.76. The van der Waals surface area contributed by atoms with Crippen LogP contribution in [0, 0.1) is 6.92 Å². The molecule has 1 amide bonds. The summed E-state index contributed by atoms with van der Waals surface area (Å²) in [4.78, 5) is 17.2. The van der Waals surface area contributed by atoms with Crippen molar-refractivity contribution in [2.75, 3.05) is 6.61 Å². The second kappa shape index (κ2) is 8.18. The Labute approximate surface area is 159 Å². The highest BCUT2D eigenvalue weighted by molar-refractivity contribution is 5.97. The van der Waals surface area contributed by atoms with Crippen molar-refractivity contribution in [1.29, 1.82) is 0 Å². The van der Waals surface area contributed by atoms with Crippen LogP contribution >= 0.6 is 0 Å². The minimum Gasteiger partial charge on any atom is -0.394 e. The number of aliphatic hydroxyl groups is 1. The molecule has 2 aromatic carbocycles. The normalized spacial score (nSPS) is 12.0. The number of rotatable bonds is 6. The van der Waals surface area contributed by atoms with Crippen LogP contribution in [0.1, 0.15) is 29.8 Å². The summed E-state index contributed by atoms with van der Waals surface area (Å²) in [6.45, 7) is 6.58. The SMILES string of the molecule is CCn1ccnc1-c1cc(C(=O)NC(C)CO)cc(-c2ccc(C)cc2)c1. The van der Waals surface area contributed by atoms with E-state index in [0.29, 0.717) is 5.56 Å². The Bertz CT molecular complexity index is 929. The van der Waals surface area contributed by atoms with Crippen LogP contribution in [0.5, 0.6) is 0 Å². The smallest absolute Gasteiger partial charge is 0.251 e. The molecule has 3 rings (SSSR count). The third-order valence-corrected chi connectivity index (χ3v) is 4.55. The minimum absolute atomic E-state index is 0.101. The first-order valence-corrected chi connectivity index (χ1v) is 9.17. The molecule has 27 heavy (non-hydrogen) atoms. The summed E-state index contributed by atoms with van der Waals surface area (Å²) in [6, 6.07) is 13.7. The quantitative estimate of drug-likeness (QED) is 0.702. The molecule has 0 radical (unpaired) electrons. The van der Waals surface area contributed by atoms with Crippen molar-refractivity contribution in [1.82, 2.24) is 14.9 Å². The van der Waals surface area contributed by atoms with Crippen LogP contribution in [0.4, 0.5) is 0 Å².